The second-order valence-corrected chi connectivity index (χ2v) is 7.15. The van der Waals surface area contributed by atoms with Gasteiger partial charge in [-0.15, -0.1) is 24.2 Å². The van der Waals surface area contributed by atoms with Crippen molar-refractivity contribution in [3.8, 4) is 0 Å². The van der Waals surface area contributed by atoms with Crippen LogP contribution in [0.15, 0.2) is 35.2 Å². The highest BCUT2D eigenvalue weighted by Gasteiger charge is 2.26. The quantitative estimate of drug-likeness (QED) is 0.804. The Morgan fingerprint density at radius 1 is 1.32 bits per heavy atom. The van der Waals surface area contributed by atoms with Gasteiger partial charge in [0.2, 0.25) is 5.91 Å². The van der Waals surface area contributed by atoms with Crippen LogP contribution in [0.1, 0.15) is 26.2 Å². The van der Waals surface area contributed by atoms with Gasteiger partial charge in [0.25, 0.3) is 0 Å². The number of hydrogen-bond donors (Lipinski definition) is 1. The van der Waals surface area contributed by atoms with Gasteiger partial charge in [0, 0.05) is 18.0 Å². The van der Waals surface area contributed by atoms with E-state index in [4.69, 9.17) is 0 Å². The van der Waals surface area contributed by atoms with Gasteiger partial charge in [-0.25, -0.2) is 0 Å². The molecule has 0 bridgehead atoms. The molecule has 1 heterocycles. The first-order chi connectivity index (χ1) is 10.2. The molecule has 1 atom stereocenters. The maximum Gasteiger partial charge on any atom is 0.235 e. The van der Waals surface area contributed by atoms with Crippen molar-refractivity contribution < 1.29 is 4.79 Å². The van der Waals surface area contributed by atoms with Gasteiger partial charge in [0.1, 0.15) is 0 Å². The van der Waals surface area contributed by atoms with Crippen LogP contribution in [0.4, 0.5) is 0 Å². The average molecular weight is 343 g/mol. The monoisotopic (exact) mass is 342 g/mol. The van der Waals surface area contributed by atoms with E-state index in [0.717, 1.165) is 38.4 Å². The molecule has 1 aliphatic heterocycles. The number of piperidine rings is 1. The Morgan fingerprint density at radius 2 is 1.95 bits per heavy atom. The fraction of sp³-hybridized carbons (Fsp3) is 0.588. The SMILES string of the molecule is CNCCC1CCN(C(=O)C(C)Sc2ccccc2)CC1.Cl. The number of nitrogens with zero attached hydrogens (tertiary/aromatic N) is 1. The van der Waals surface area contributed by atoms with Gasteiger partial charge < -0.3 is 10.2 Å². The lowest BCUT2D eigenvalue weighted by atomic mass is 9.93. The summed E-state index contributed by atoms with van der Waals surface area (Å²) in [5.41, 5.74) is 0. The predicted octanol–water partition coefficient (Wildman–Crippen LogP) is 3.44. The first-order valence-electron chi connectivity index (χ1n) is 7.86. The van der Waals surface area contributed by atoms with Crippen LogP contribution < -0.4 is 5.32 Å². The second-order valence-electron chi connectivity index (χ2n) is 5.73. The molecule has 1 aromatic rings. The molecule has 22 heavy (non-hydrogen) atoms. The standard InChI is InChI=1S/C17H26N2OS.ClH/c1-14(21-16-6-4-3-5-7-16)17(20)19-12-9-15(10-13-19)8-11-18-2;/h3-7,14-15,18H,8-13H2,1-2H3;1H. The van der Waals surface area contributed by atoms with Crippen molar-refractivity contribution in [3.63, 3.8) is 0 Å². The molecule has 2 rings (SSSR count). The summed E-state index contributed by atoms with van der Waals surface area (Å²) in [5.74, 6) is 1.06. The number of amides is 1. The molecule has 5 heteroatoms. The Labute approximate surface area is 144 Å². The van der Waals surface area contributed by atoms with Crippen molar-refractivity contribution >= 4 is 30.1 Å². The molecule has 3 nitrogen and oxygen atoms in total. The summed E-state index contributed by atoms with van der Waals surface area (Å²) < 4.78 is 0. The highest BCUT2D eigenvalue weighted by Crippen LogP contribution is 2.26. The van der Waals surface area contributed by atoms with Crippen LogP contribution in [-0.2, 0) is 4.79 Å². The first kappa shape index (κ1) is 19.3. The normalized spacial score (nSPS) is 16.9. The highest BCUT2D eigenvalue weighted by atomic mass is 35.5. The van der Waals surface area contributed by atoms with E-state index in [1.807, 2.05) is 32.2 Å². The van der Waals surface area contributed by atoms with Gasteiger partial charge in [-0.1, -0.05) is 18.2 Å². The Balaban J connectivity index is 0.00000242. The van der Waals surface area contributed by atoms with Gasteiger partial charge in [-0.3, -0.25) is 4.79 Å². The molecular formula is C17H27ClN2OS. The average Bonchev–Trinajstić information content (AvgIpc) is 2.53. The maximum atomic E-state index is 12.5. The zero-order chi connectivity index (χ0) is 15.1. The number of carbonyl (C=O) groups is 1. The second kappa shape index (κ2) is 10.1. The van der Waals surface area contributed by atoms with Gasteiger partial charge >= 0.3 is 0 Å². The van der Waals surface area contributed by atoms with E-state index in [9.17, 15) is 4.79 Å². The number of halogens is 1. The molecule has 0 aromatic heterocycles. The third-order valence-corrected chi connectivity index (χ3v) is 5.23. The number of carbonyl (C=O) groups excluding carboxylic acids is 1. The molecule has 0 saturated carbocycles. The highest BCUT2D eigenvalue weighted by molar-refractivity contribution is 8.00. The molecule has 124 valence electrons. The summed E-state index contributed by atoms with van der Waals surface area (Å²) >= 11 is 1.66. The van der Waals surface area contributed by atoms with Gasteiger partial charge in [-0.05, 0) is 57.8 Å². The number of hydrogen-bond acceptors (Lipinski definition) is 3. The Morgan fingerprint density at radius 3 is 2.55 bits per heavy atom. The predicted molar refractivity (Wildman–Crippen MR) is 96.9 cm³/mol. The van der Waals surface area contributed by atoms with Gasteiger partial charge in [-0.2, -0.15) is 0 Å². The van der Waals surface area contributed by atoms with Crippen LogP contribution in [0.3, 0.4) is 0 Å². The van der Waals surface area contributed by atoms with E-state index in [1.165, 1.54) is 11.3 Å². The fourth-order valence-electron chi connectivity index (χ4n) is 2.80. The maximum absolute atomic E-state index is 12.5. The summed E-state index contributed by atoms with van der Waals surface area (Å²) in [6.45, 7) is 4.95. The summed E-state index contributed by atoms with van der Waals surface area (Å²) in [6.07, 6.45) is 3.53. The topological polar surface area (TPSA) is 32.3 Å². The number of rotatable bonds is 6. The van der Waals surface area contributed by atoms with E-state index in [2.05, 4.69) is 22.3 Å². The fourth-order valence-corrected chi connectivity index (χ4v) is 3.77. The van der Waals surface area contributed by atoms with Crippen LogP contribution in [0.5, 0.6) is 0 Å². The van der Waals surface area contributed by atoms with E-state index in [0.29, 0.717) is 0 Å². The van der Waals surface area contributed by atoms with Crippen LogP contribution >= 0.6 is 24.2 Å². The molecule has 0 aliphatic carbocycles. The molecule has 1 fully saturated rings. The zero-order valence-corrected chi connectivity index (χ0v) is 15.1. The smallest absolute Gasteiger partial charge is 0.235 e. The van der Waals surface area contributed by atoms with E-state index >= 15 is 0 Å². The minimum absolute atomic E-state index is 0. The lowest BCUT2D eigenvalue weighted by molar-refractivity contribution is -0.131. The summed E-state index contributed by atoms with van der Waals surface area (Å²) in [7, 11) is 2.00. The van der Waals surface area contributed by atoms with Gasteiger partial charge in [0.15, 0.2) is 0 Å². The number of nitrogens with one attached hydrogen (secondary N) is 1. The molecule has 1 N–H and O–H groups in total. The van der Waals surface area contributed by atoms with Crippen LogP contribution in [0, 0.1) is 5.92 Å². The molecule has 0 radical (unpaired) electrons. The molecular weight excluding hydrogens is 316 g/mol. The third-order valence-electron chi connectivity index (χ3n) is 4.13. The van der Waals surface area contributed by atoms with Crippen molar-refractivity contribution in [2.24, 2.45) is 5.92 Å². The first-order valence-corrected chi connectivity index (χ1v) is 8.73. The van der Waals surface area contributed by atoms with Crippen molar-refractivity contribution in [1.29, 1.82) is 0 Å². The number of likely N-dealkylation sites (tertiary alicyclic amines) is 1. The van der Waals surface area contributed by atoms with Crippen LogP contribution in [0.2, 0.25) is 0 Å². The van der Waals surface area contributed by atoms with E-state index in [-0.39, 0.29) is 23.6 Å². The largest absolute Gasteiger partial charge is 0.342 e. The summed E-state index contributed by atoms with van der Waals surface area (Å²) in [4.78, 5) is 15.7. The Bertz CT molecular complexity index is 436. The van der Waals surface area contributed by atoms with E-state index in [1.54, 1.807) is 11.8 Å². The number of thioether (sulfide) groups is 1. The van der Waals surface area contributed by atoms with Crippen molar-refractivity contribution in [3.05, 3.63) is 30.3 Å². The molecule has 1 aliphatic rings. The lowest BCUT2D eigenvalue weighted by Crippen LogP contribution is -2.42. The third kappa shape index (κ3) is 5.82. The van der Waals surface area contributed by atoms with Crippen molar-refractivity contribution in [2.75, 3.05) is 26.7 Å². The molecule has 1 saturated heterocycles. The minimum Gasteiger partial charge on any atom is -0.342 e. The number of benzene rings is 1. The zero-order valence-electron chi connectivity index (χ0n) is 13.5. The van der Waals surface area contributed by atoms with Gasteiger partial charge in [0.05, 0.1) is 5.25 Å². The summed E-state index contributed by atoms with van der Waals surface area (Å²) in [5, 5.41) is 3.21. The van der Waals surface area contributed by atoms with E-state index < -0.39 is 0 Å². The Kier molecular flexibility index (Phi) is 8.91. The van der Waals surface area contributed by atoms with Crippen LogP contribution in [0.25, 0.3) is 0 Å². The van der Waals surface area contributed by atoms with Crippen LogP contribution in [-0.4, -0.2) is 42.7 Å². The molecule has 1 amide bonds. The minimum atomic E-state index is 0. The lowest BCUT2D eigenvalue weighted by Gasteiger charge is -2.33. The molecule has 0 spiro atoms. The van der Waals surface area contributed by atoms with Crippen molar-refractivity contribution in [2.45, 2.75) is 36.3 Å². The Hall–Kier alpha value is -0.710. The molecule has 1 aromatic carbocycles. The summed E-state index contributed by atoms with van der Waals surface area (Å²) in [6, 6.07) is 10.2. The van der Waals surface area contributed by atoms with Crippen molar-refractivity contribution in [1.82, 2.24) is 10.2 Å². The molecule has 1 unspecified atom stereocenters.